The molecule has 1 saturated carbocycles. The van der Waals surface area contributed by atoms with E-state index in [1.54, 1.807) is 0 Å². The summed E-state index contributed by atoms with van der Waals surface area (Å²) in [6, 6.07) is -0.734. The molecule has 1 aliphatic carbocycles. The lowest BCUT2D eigenvalue weighted by molar-refractivity contribution is -0.312. The van der Waals surface area contributed by atoms with E-state index in [9.17, 15) is 14.7 Å². The third kappa shape index (κ3) is 2.43. The van der Waals surface area contributed by atoms with E-state index in [1.165, 1.54) is 12.0 Å². The number of ether oxygens (including phenoxy) is 1. The first-order chi connectivity index (χ1) is 8.52. The number of carbonyl (C=O) groups is 2. The summed E-state index contributed by atoms with van der Waals surface area (Å²) in [6.07, 6.45) is 2.56. The highest BCUT2D eigenvalue weighted by molar-refractivity contribution is 5.79. The Kier molecular flexibility index (Phi) is 3.75. The van der Waals surface area contributed by atoms with Crippen molar-refractivity contribution in [3.8, 4) is 0 Å². The van der Waals surface area contributed by atoms with Gasteiger partial charge in [0.1, 0.15) is 0 Å². The molecule has 2 fully saturated rings. The fraction of sp³-hybridized carbons (Fsp3) is 0.833. The number of carboxylic acids is 1. The fourth-order valence-electron chi connectivity index (χ4n) is 3.23. The van der Waals surface area contributed by atoms with Crippen LogP contribution in [0.25, 0.3) is 0 Å². The third-order valence-electron chi connectivity index (χ3n) is 4.20. The largest absolute Gasteiger partial charge is 0.548 e. The molecule has 0 aromatic carbocycles. The number of piperidine rings is 1. The normalized spacial score (nSPS) is 35.8. The number of rotatable bonds is 1. The molecule has 0 radical (unpaired) electrons. The van der Waals surface area contributed by atoms with Crippen molar-refractivity contribution in [2.75, 3.05) is 13.7 Å². The van der Waals surface area contributed by atoms with Gasteiger partial charge in [0.15, 0.2) is 0 Å². The highest BCUT2D eigenvalue weighted by Gasteiger charge is 2.41. The zero-order chi connectivity index (χ0) is 13.3. The van der Waals surface area contributed by atoms with Crippen LogP contribution >= 0.6 is 0 Å². The Morgan fingerprint density at radius 2 is 2.00 bits per heavy atom. The van der Waals surface area contributed by atoms with E-state index in [1.807, 2.05) is 0 Å². The minimum atomic E-state index is -1.21. The van der Waals surface area contributed by atoms with Crippen LogP contribution in [0.4, 0.5) is 4.79 Å². The molecule has 0 bridgehead atoms. The Bertz CT molecular complexity index is 347. The van der Waals surface area contributed by atoms with Crippen molar-refractivity contribution in [3.63, 3.8) is 0 Å². The third-order valence-corrected chi connectivity index (χ3v) is 4.20. The van der Waals surface area contributed by atoms with E-state index in [2.05, 4.69) is 4.74 Å². The molecule has 2 rings (SSSR count). The van der Waals surface area contributed by atoms with Crippen LogP contribution in [0, 0.1) is 11.8 Å². The quantitative estimate of drug-likeness (QED) is 0.669. The summed E-state index contributed by atoms with van der Waals surface area (Å²) >= 11 is 0. The number of hydrogen-bond acceptors (Lipinski definition) is 5. The molecule has 1 aliphatic heterocycles. The lowest BCUT2D eigenvalue weighted by Gasteiger charge is -2.46. The van der Waals surface area contributed by atoms with Crippen LogP contribution in [0.15, 0.2) is 0 Å². The van der Waals surface area contributed by atoms with Gasteiger partial charge in [-0.25, -0.2) is 4.79 Å². The number of nitrogens with two attached hydrogens (primary N) is 1. The molecular weight excluding hydrogens is 236 g/mol. The molecular formula is C12H19N2O4-. The molecule has 6 nitrogen and oxygen atoms in total. The zero-order valence-corrected chi connectivity index (χ0v) is 10.5. The Balaban J connectivity index is 2.13. The van der Waals surface area contributed by atoms with Crippen molar-refractivity contribution in [2.45, 2.75) is 37.8 Å². The molecule has 102 valence electrons. The number of carbonyl (C=O) groups excluding carboxylic acids is 2. The molecule has 4 unspecified atom stereocenters. The highest BCUT2D eigenvalue weighted by atomic mass is 16.5. The van der Waals surface area contributed by atoms with Crippen LogP contribution in [-0.4, -0.2) is 42.7 Å². The number of amides is 1. The Morgan fingerprint density at radius 3 is 2.61 bits per heavy atom. The smallest absolute Gasteiger partial charge is 0.410 e. The van der Waals surface area contributed by atoms with Gasteiger partial charge < -0.3 is 20.4 Å². The van der Waals surface area contributed by atoms with E-state index in [-0.39, 0.29) is 12.0 Å². The van der Waals surface area contributed by atoms with E-state index in [0.717, 1.165) is 19.3 Å². The summed E-state index contributed by atoms with van der Waals surface area (Å²) in [4.78, 5) is 24.0. The maximum absolute atomic E-state index is 11.6. The molecule has 2 aliphatic rings. The first kappa shape index (κ1) is 13.1. The van der Waals surface area contributed by atoms with Gasteiger partial charge in [0.2, 0.25) is 0 Å². The second kappa shape index (κ2) is 5.14. The standard InChI is InChI=1S/C12H20N2O4/c1-18-12(17)14-6-7-2-3-9(13)4-8(7)5-10(14)11(15)16/h7-10H,2-6,13H2,1H3,(H,15,16)/p-1. The number of fused-ring (bicyclic) bond motifs is 1. The molecule has 6 heteroatoms. The summed E-state index contributed by atoms with van der Waals surface area (Å²) < 4.78 is 4.64. The average Bonchev–Trinajstić information content (AvgIpc) is 2.36. The first-order valence-electron chi connectivity index (χ1n) is 6.34. The van der Waals surface area contributed by atoms with Crippen molar-refractivity contribution in [1.29, 1.82) is 0 Å². The van der Waals surface area contributed by atoms with Crippen molar-refractivity contribution < 1.29 is 19.4 Å². The van der Waals surface area contributed by atoms with Crippen LogP contribution in [-0.2, 0) is 9.53 Å². The van der Waals surface area contributed by atoms with Gasteiger partial charge in [-0.2, -0.15) is 0 Å². The van der Waals surface area contributed by atoms with Gasteiger partial charge in [-0.1, -0.05) is 0 Å². The van der Waals surface area contributed by atoms with E-state index >= 15 is 0 Å². The fourth-order valence-corrected chi connectivity index (χ4v) is 3.23. The lowest BCUT2D eigenvalue weighted by atomic mass is 9.71. The minimum Gasteiger partial charge on any atom is -0.548 e. The Labute approximate surface area is 106 Å². The monoisotopic (exact) mass is 255 g/mol. The van der Waals surface area contributed by atoms with Crippen LogP contribution < -0.4 is 10.8 Å². The zero-order valence-electron chi connectivity index (χ0n) is 10.5. The second-order valence-corrected chi connectivity index (χ2v) is 5.29. The topological polar surface area (TPSA) is 95.7 Å². The maximum Gasteiger partial charge on any atom is 0.410 e. The molecule has 0 spiro atoms. The SMILES string of the molecule is COC(=O)N1CC2CCC(N)CC2CC1C(=O)[O-]. The molecule has 1 heterocycles. The minimum absolute atomic E-state index is 0.151. The summed E-state index contributed by atoms with van der Waals surface area (Å²) in [5.41, 5.74) is 5.92. The molecule has 18 heavy (non-hydrogen) atoms. The molecule has 0 aromatic rings. The lowest BCUT2D eigenvalue weighted by Crippen LogP contribution is -2.58. The summed E-state index contributed by atoms with van der Waals surface area (Å²) in [6.45, 7) is 0.433. The molecule has 4 atom stereocenters. The number of methoxy groups -OCH3 is 1. The van der Waals surface area contributed by atoms with Crippen LogP contribution in [0.5, 0.6) is 0 Å². The van der Waals surface area contributed by atoms with Crippen molar-refractivity contribution in [3.05, 3.63) is 0 Å². The number of hydrogen-bond donors (Lipinski definition) is 1. The van der Waals surface area contributed by atoms with Crippen molar-refractivity contribution >= 4 is 12.1 Å². The van der Waals surface area contributed by atoms with Gasteiger partial charge in [-0.05, 0) is 37.5 Å². The number of nitrogens with zero attached hydrogens (tertiary/aromatic N) is 1. The van der Waals surface area contributed by atoms with Gasteiger partial charge in [-0.3, -0.25) is 4.90 Å². The van der Waals surface area contributed by atoms with Gasteiger partial charge in [0.05, 0.1) is 19.1 Å². The van der Waals surface area contributed by atoms with Crippen LogP contribution in [0.3, 0.4) is 0 Å². The first-order valence-corrected chi connectivity index (χ1v) is 6.34. The summed E-state index contributed by atoms with van der Waals surface area (Å²) in [5, 5.41) is 11.1. The molecule has 1 saturated heterocycles. The van der Waals surface area contributed by atoms with Crippen molar-refractivity contribution in [1.82, 2.24) is 4.90 Å². The van der Waals surface area contributed by atoms with Crippen LogP contribution in [0.2, 0.25) is 0 Å². The van der Waals surface area contributed by atoms with Gasteiger partial charge in [0.25, 0.3) is 0 Å². The Hall–Kier alpha value is -1.30. The molecule has 2 N–H and O–H groups in total. The van der Waals surface area contributed by atoms with Crippen LogP contribution in [0.1, 0.15) is 25.7 Å². The predicted octanol–water partition coefficient (Wildman–Crippen LogP) is -0.679. The summed E-state index contributed by atoms with van der Waals surface area (Å²) in [7, 11) is 1.26. The highest BCUT2D eigenvalue weighted by Crippen LogP contribution is 2.38. The maximum atomic E-state index is 11.6. The molecule has 0 aromatic heterocycles. The average molecular weight is 255 g/mol. The van der Waals surface area contributed by atoms with Gasteiger partial charge in [-0.15, -0.1) is 0 Å². The second-order valence-electron chi connectivity index (χ2n) is 5.29. The number of likely N-dealkylation sites (tertiary alicyclic amines) is 1. The van der Waals surface area contributed by atoms with E-state index in [4.69, 9.17) is 5.73 Å². The summed E-state index contributed by atoms with van der Waals surface area (Å²) in [5.74, 6) is -0.602. The van der Waals surface area contributed by atoms with E-state index in [0.29, 0.717) is 18.9 Å². The van der Waals surface area contributed by atoms with Gasteiger partial charge >= 0.3 is 6.09 Å². The van der Waals surface area contributed by atoms with Gasteiger partial charge in [0, 0.05) is 12.6 Å². The van der Waals surface area contributed by atoms with E-state index < -0.39 is 18.1 Å². The Morgan fingerprint density at radius 1 is 1.28 bits per heavy atom. The predicted molar refractivity (Wildman–Crippen MR) is 61.3 cm³/mol. The number of aliphatic carboxylic acids is 1. The number of carboxylic acid groups (broad SMARTS) is 1. The molecule has 1 amide bonds. The van der Waals surface area contributed by atoms with Crippen molar-refractivity contribution in [2.24, 2.45) is 17.6 Å².